The molecular formula is C6H18Cl2N4. The number of hydrogen-bond acceptors (Lipinski definition) is 4. The van der Waals surface area contributed by atoms with Crippen molar-refractivity contribution in [2.45, 2.75) is 25.9 Å². The Balaban J connectivity index is -0.000000405. The third-order valence-corrected chi connectivity index (χ3v) is 0.839. The van der Waals surface area contributed by atoms with Gasteiger partial charge in [0.1, 0.15) is 0 Å². The van der Waals surface area contributed by atoms with E-state index in [1.807, 2.05) is 13.8 Å². The molecule has 0 aromatic heterocycles. The van der Waals surface area contributed by atoms with Gasteiger partial charge in [0.2, 0.25) is 0 Å². The van der Waals surface area contributed by atoms with Crippen molar-refractivity contribution in [1.82, 2.24) is 0 Å². The number of azo groups is 1. The molecule has 0 aliphatic carbocycles. The lowest BCUT2D eigenvalue weighted by molar-refractivity contribution is 0.672. The van der Waals surface area contributed by atoms with Crippen molar-refractivity contribution in [2.24, 2.45) is 21.7 Å². The lowest BCUT2D eigenvalue weighted by Gasteiger charge is -1.98. The van der Waals surface area contributed by atoms with Crippen molar-refractivity contribution in [1.29, 1.82) is 0 Å². The monoisotopic (exact) mass is 216 g/mol. The zero-order chi connectivity index (χ0) is 7.98. The van der Waals surface area contributed by atoms with Crippen molar-refractivity contribution in [3.05, 3.63) is 0 Å². The van der Waals surface area contributed by atoms with Gasteiger partial charge < -0.3 is 11.5 Å². The van der Waals surface area contributed by atoms with E-state index in [0.29, 0.717) is 13.1 Å². The van der Waals surface area contributed by atoms with E-state index in [1.165, 1.54) is 0 Å². The molecule has 0 aromatic rings. The van der Waals surface area contributed by atoms with Gasteiger partial charge in [-0.2, -0.15) is 10.2 Å². The fourth-order valence-electron chi connectivity index (χ4n) is 0.373. The van der Waals surface area contributed by atoms with Crippen molar-refractivity contribution < 1.29 is 0 Å². The highest BCUT2D eigenvalue weighted by Crippen LogP contribution is 1.82. The van der Waals surface area contributed by atoms with Crippen LogP contribution in [-0.2, 0) is 0 Å². The molecule has 12 heavy (non-hydrogen) atoms. The van der Waals surface area contributed by atoms with E-state index >= 15 is 0 Å². The first-order valence-electron chi connectivity index (χ1n) is 3.47. The Hall–Kier alpha value is 0.1000. The quantitative estimate of drug-likeness (QED) is 0.688. The Bertz CT molecular complexity index is 93.7. The summed E-state index contributed by atoms with van der Waals surface area (Å²) in [6, 6.07) is 0.189. The maximum Gasteiger partial charge on any atom is 0.0747 e. The predicted molar refractivity (Wildman–Crippen MR) is 56.4 cm³/mol. The van der Waals surface area contributed by atoms with E-state index in [1.54, 1.807) is 0 Å². The van der Waals surface area contributed by atoms with Crippen LogP contribution in [0.15, 0.2) is 10.2 Å². The number of rotatable bonds is 4. The van der Waals surface area contributed by atoms with Gasteiger partial charge in [0.25, 0.3) is 0 Å². The van der Waals surface area contributed by atoms with Gasteiger partial charge in [-0.25, -0.2) is 0 Å². The lowest BCUT2D eigenvalue weighted by atomic mass is 10.4. The fourth-order valence-corrected chi connectivity index (χ4v) is 0.373. The van der Waals surface area contributed by atoms with Crippen molar-refractivity contribution in [3.8, 4) is 0 Å². The Morgan fingerprint density at radius 2 is 1.17 bits per heavy atom. The van der Waals surface area contributed by atoms with Gasteiger partial charge in [-0.1, -0.05) is 0 Å². The minimum atomic E-state index is 0. The van der Waals surface area contributed by atoms with Gasteiger partial charge in [0, 0.05) is 12.1 Å². The number of hydrogen-bond donors (Lipinski definition) is 2. The van der Waals surface area contributed by atoms with Crippen LogP contribution in [0, 0.1) is 0 Å². The maximum atomic E-state index is 5.42. The van der Waals surface area contributed by atoms with Gasteiger partial charge in [-0.15, -0.1) is 24.8 Å². The van der Waals surface area contributed by atoms with Gasteiger partial charge in [-0.3, -0.25) is 0 Å². The van der Waals surface area contributed by atoms with Crippen LogP contribution in [0.2, 0.25) is 0 Å². The summed E-state index contributed by atoms with van der Waals surface area (Å²) in [5.41, 5.74) is 10.8. The first-order chi connectivity index (χ1) is 4.63. The zero-order valence-corrected chi connectivity index (χ0v) is 9.07. The highest BCUT2D eigenvalue weighted by molar-refractivity contribution is 5.85. The summed E-state index contributed by atoms with van der Waals surface area (Å²) in [5, 5.41) is 7.66. The van der Waals surface area contributed by atoms with Gasteiger partial charge in [0.15, 0.2) is 0 Å². The summed E-state index contributed by atoms with van der Waals surface area (Å²) in [7, 11) is 0. The Kier molecular flexibility index (Phi) is 16.7. The third-order valence-electron chi connectivity index (χ3n) is 0.839. The Morgan fingerprint density at radius 1 is 0.917 bits per heavy atom. The molecule has 0 saturated carbocycles. The highest BCUT2D eigenvalue weighted by Gasteiger charge is 1.90. The van der Waals surface area contributed by atoms with E-state index in [2.05, 4.69) is 10.2 Å². The predicted octanol–water partition coefficient (Wildman–Crippen LogP) is 0.977. The van der Waals surface area contributed by atoms with Gasteiger partial charge in [-0.05, 0) is 13.8 Å². The second-order valence-electron chi connectivity index (χ2n) is 2.60. The van der Waals surface area contributed by atoms with Crippen LogP contribution in [0.3, 0.4) is 0 Å². The highest BCUT2D eigenvalue weighted by atomic mass is 35.5. The molecule has 0 aliphatic rings. The molecule has 76 valence electrons. The molecule has 4 N–H and O–H groups in total. The molecule has 0 spiro atoms. The number of nitrogens with zero attached hydrogens (tertiary/aromatic N) is 2. The average Bonchev–Trinajstić information content (AvgIpc) is 1.79. The molecule has 0 amide bonds. The minimum absolute atomic E-state index is 0. The van der Waals surface area contributed by atoms with E-state index in [-0.39, 0.29) is 36.9 Å². The molecular weight excluding hydrogens is 199 g/mol. The number of nitrogens with two attached hydrogens (primary N) is 2. The molecule has 0 fully saturated rings. The largest absolute Gasteiger partial charge is 0.326 e. The lowest BCUT2D eigenvalue weighted by Crippen LogP contribution is -2.20. The summed E-state index contributed by atoms with van der Waals surface area (Å²) >= 11 is 0. The summed E-state index contributed by atoms with van der Waals surface area (Å²) in [6.45, 7) is 4.97. The maximum absolute atomic E-state index is 5.42. The smallest absolute Gasteiger partial charge is 0.0747 e. The minimum Gasteiger partial charge on any atom is -0.326 e. The Labute approximate surface area is 86.0 Å². The van der Waals surface area contributed by atoms with E-state index in [9.17, 15) is 0 Å². The molecule has 2 atom stereocenters. The molecule has 0 bridgehead atoms. The second-order valence-corrected chi connectivity index (χ2v) is 2.60. The topological polar surface area (TPSA) is 76.8 Å². The molecule has 0 heterocycles. The SMILES string of the molecule is CC(N)CN=NCC(C)N.Cl.Cl. The fraction of sp³-hybridized carbons (Fsp3) is 1.00. The number of halogens is 2. The summed E-state index contributed by atoms with van der Waals surface area (Å²) in [5.74, 6) is 0. The van der Waals surface area contributed by atoms with Crippen LogP contribution in [0.25, 0.3) is 0 Å². The zero-order valence-electron chi connectivity index (χ0n) is 7.43. The third kappa shape index (κ3) is 16.6. The van der Waals surface area contributed by atoms with E-state index in [4.69, 9.17) is 11.5 Å². The Morgan fingerprint density at radius 3 is 1.33 bits per heavy atom. The molecule has 4 nitrogen and oxygen atoms in total. The average molecular weight is 217 g/mol. The standard InChI is InChI=1S/C6H16N4.2ClH/c1-5(7)3-9-10-4-6(2)8;;/h5-6H,3-4,7-8H2,1-2H3;2*1H. The molecule has 0 radical (unpaired) electrons. The van der Waals surface area contributed by atoms with Gasteiger partial charge >= 0.3 is 0 Å². The van der Waals surface area contributed by atoms with Crippen LogP contribution in [0.5, 0.6) is 0 Å². The first-order valence-corrected chi connectivity index (χ1v) is 3.47. The van der Waals surface area contributed by atoms with Crippen molar-refractivity contribution in [2.75, 3.05) is 13.1 Å². The van der Waals surface area contributed by atoms with Crippen LogP contribution in [0.4, 0.5) is 0 Å². The van der Waals surface area contributed by atoms with Crippen LogP contribution in [0.1, 0.15) is 13.8 Å². The van der Waals surface area contributed by atoms with Crippen molar-refractivity contribution >= 4 is 24.8 Å². The summed E-state index contributed by atoms with van der Waals surface area (Å²) in [4.78, 5) is 0. The summed E-state index contributed by atoms with van der Waals surface area (Å²) in [6.07, 6.45) is 0. The van der Waals surface area contributed by atoms with Crippen LogP contribution in [-0.4, -0.2) is 25.2 Å². The van der Waals surface area contributed by atoms with E-state index < -0.39 is 0 Å². The van der Waals surface area contributed by atoms with Crippen molar-refractivity contribution in [3.63, 3.8) is 0 Å². The van der Waals surface area contributed by atoms with E-state index in [0.717, 1.165) is 0 Å². The summed E-state index contributed by atoms with van der Waals surface area (Å²) < 4.78 is 0. The van der Waals surface area contributed by atoms with Crippen LogP contribution < -0.4 is 11.5 Å². The van der Waals surface area contributed by atoms with Crippen LogP contribution >= 0.6 is 24.8 Å². The molecule has 2 unspecified atom stereocenters. The molecule has 0 rings (SSSR count). The van der Waals surface area contributed by atoms with Gasteiger partial charge in [0.05, 0.1) is 13.1 Å². The molecule has 0 aromatic carbocycles. The molecule has 6 heteroatoms. The normalized spacial score (nSPS) is 14.7. The second kappa shape index (κ2) is 11.1. The molecule has 0 saturated heterocycles. The first kappa shape index (κ1) is 18.0. The molecule has 0 aliphatic heterocycles.